The van der Waals surface area contributed by atoms with Crippen LogP contribution in [0.3, 0.4) is 0 Å². The van der Waals surface area contributed by atoms with E-state index in [-0.39, 0.29) is 0 Å². The molecule has 1 saturated heterocycles. The molecule has 7 heavy (non-hydrogen) atoms. The second-order valence-electron chi connectivity index (χ2n) is 2.36. The molecule has 0 spiro atoms. The maximum atomic E-state index is 5.56. The van der Waals surface area contributed by atoms with Crippen molar-refractivity contribution in [2.45, 2.75) is 23.8 Å². The van der Waals surface area contributed by atoms with Crippen LogP contribution in [0.25, 0.3) is 0 Å². The smallest absolute Gasteiger partial charge is 0.0356 e. The van der Waals surface area contributed by atoms with Crippen LogP contribution in [-0.4, -0.2) is 15.9 Å². The minimum Gasteiger partial charge on any atom is -0.148 e. The molecule has 0 aliphatic carbocycles. The Kier molecular flexibility index (Phi) is 1.29. The molecule has 0 aromatic carbocycles. The van der Waals surface area contributed by atoms with E-state index >= 15 is 0 Å². The molecule has 1 rings (SSSR count). The minimum absolute atomic E-state index is 0.502. The standard InChI is InChI=1S/C5H9ClS/c1-5(2)4(3-6)7-5/h4H,3H2,1-2H3. The van der Waals surface area contributed by atoms with Crippen molar-refractivity contribution in [1.82, 2.24) is 0 Å². The van der Waals surface area contributed by atoms with Crippen LogP contribution in [0.1, 0.15) is 13.8 Å². The summed E-state index contributed by atoms with van der Waals surface area (Å²) in [4.78, 5) is 0. The first-order valence-corrected chi connectivity index (χ1v) is 3.82. The van der Waals surface area contributed by atoms with Crippen LogP contribution in [0, 0.1) is 0 Å². The molecule has 0 nitrogen and oxygen atoms in total. The molecule has 2 heteroatoms. The zero-order valence-corrected chi connectivity index (χ0v) is 6.14. The highest BCUT2D eigenvalue weighted by Crippen LogP contribution is 2.53. The highest BCUT2D eigenvalue weighted by atomic mass is 35.5. The summed E-state index contributed by atoms with van der Waals surface area (Å²) in [6.45, 7) is 4.45. The van der Waals surface area contributed by atoms with E-state index in [4.69, 9.17) is 11.6 Å². The van der Waals surface area contributed by atoms with Crippen LogP contribution in [0.5, 0.6) is 0 Å². The normalized spacial score (nSPS) is 35.6. The quantitative estimate of drug-likeness (QED) is 0.393. The SMILES string of the molecule is CC1(C)SC1CCl. The fourth-order valence-corrected chi connectivity index (χ4v) is 2.03. The van der Waals surface area contributed by atoms with Crippen LogP contribution < -0.4 is 0 Å². The van der Waals surface area contributed by atoms with E-state index in [0.29, 0.717) is 4.75 Å². The van der Waals surface area contributed by atoms with Gasteiger partial charge in [-0.25, -0.2) is 0 Å². The topological polar surface area (TPSA) is 0 Å². The summed E-state index contributed by atoms with van der Waals surface area (Å²) in [5.41, 5.74) is 0. The summed E-state index contributed by atoms with van der Waals surface area (Å²) >= 11 is 7.52. The van der Waals surface area contributed by atoms with Gasteiger partial charge in [-0.2, -0.15) is 0 Å². The third-order valence-electron chi connectivity index (χ3n) is 1.30. The van der Waals surface area contributed by atoms with Crippen molar-refractivity contribution in [2.24, 2.45) is 0 Å². The first-order valence-electron chi connectivity index (χ1n) is 2.40. The van der Waals surface area contributed by atoms with Crippen molar-refractivity contribution in [3.8, 4) is 0 Å². The van der Waals surface area contributed by atoms with Crippen molar-refractivity contribution >= 4 is 23.4 Å². The summed E-state index contributed by atoms with van der Waals surface area (Å²) in [5.74, 6) is 0.817. The summed E-state index contributed by atoms with van der Waals surface area (Å²) < 4.78 is 0.502. The van der Waals surface area contributed by atoms with E-state index in [9.17, 15) is 0 Å². The number of hydrogen-bond acceptors (Lipinski definition) is 1. The Labute approximate surface area is 53.6 Å². The Hall–Kier alpha value is 0.640. The molecule has 0 radical (unpaired) electrons. The average Bonchev–Trinajstić information content (AvgIpc) is 2.13. The fourth-order valence-electron chi connectivity index (χ4n) is 0.550. The molecule has 0 saturated carbocycles. The minimum atomic E-state index is 0.502. The van der Waals surface area contributed by atoms with E-state index in [1.54, 1.807) is 0 Å². The molecule has 0 bridgehead atoms. The summed E-state index contributed by atoms with van der Waals surface area (Å²) in [7, 11) is 0. The molecule has 1 aliphatic heterocycles. The second kappa shape index (κ2) is 1.56. The molecule has 0 amide bonds. The van der Waals surface area contributed by atoms with Gasteiger partial charge in [0.1, 0.15) is 0 Å². The Morgan fingerprint density at radius 3 is 2.14 bits per heavy atom. The number of halogens is 1. The van der Waals surface area contributed by atoms with Crippen LogP contribution in [0.2, 0.25) is 0 Å². The van der Waals surface area contributed by atoms with Gasteiger partial charge in [-0.3, -0.25) is 0 Å². The maximum absolute atomic E-state index is 5.56. The predicted octanol–water partition coefficient (Wildman–Crippen LogP) is 2.12. The van der Waals surface area contributed by atoms with Crippen molar-refractivity contribution in [2.75, 3.05) is 5.88 Å². The molecule has 1 atom stereocenters. The van der Waals surface area contributed by atoms with E-state index in [1.165, 1.54) is 0 Å². The van der Waals surface area contributed by atoms with Gasteiger partial charge < -0.3 is 0 Å². The maximum Gasteiger partial charge on any atom is 0.0356 e. The lowest BCUT2D eigenvalue weighted by Gasteiger charge is -1.91. The molecule has 42 valence electrons. The highest BCUT2D eigenvalue weighted by molar-refractivity contribution is 8.08. The van der Waals surface area contributed by atoms with E-state index < -0.39 is 0 Å². The monoisotopic (exact) mass is 136 g/mol. The van der Waals surface area contributed by atoms with Crippen molar-refractivity contribution in [3.05, 3.63) is 0 Å². The lowest BCUT2D eigenvalue weighted by Crippen LogP contribution is -2.02. The van der Waals surface area contributed by atoms with Crippen molar-refractivity contribution < 1.29 is 0 Å². The largest absolute Gasteiger partial charge is 0.148 e. The molecule has 0 aromatic rings. The number of thioether (sulfide) groups is 1. The highest BCUT2D eigenvalue weighted by Gasteiger charge is 2.45. The number of rotatable bonds is 1. The lowest BCUT2D eigenvalue weighted by atomic mass is 10.2. The van der Waals surface area contributed by atoms with E-state index in [1.807, 2.05) is 11.8 Å². The Morgan fingerprint density at radius 2 is 2.14 bits per heavy atom. The first kappa shape index (κ1) is 5.77. The van der Waals surface area contributed by atoms with Gasteiger partial charge in [0.25, 0.3) is 0 Å². The van der Waals surface area contributed by atoms with Crippen LogP contribution in [-0.2, 0) is 0 Å². The summed E-state index contributed by atoms with van der Waals surface area (Å²) in [5, 5.41) is 0.731. The Bertz CT molecular complexity index is 80.1. The van der Waals surface area contributed by atoms with Gasteiger partial charge in [0, 0.05) is 15.9 Å². The first-order chi connectivity index (χ1) is 3.17. The molecule has 1 fully saturated rings. The third kappa shape index (κ3) is 1.06. The Morgan fingerprint density at radius 1 is 1.71 bits per heavy atom. The molecule has 1 aliphatic rings. The average molecular weight is 137 g/mol. The summed E-state index contributed by atoms with van der Waals surface area (Å²) in [6, 6.07) is 0. The molecular weight excluding hydrogens is 128 g/mol. The fraction of sp³-hybridized carbons (Fsp3) is 1.00. The third-order valence-corrected chi connectivity index (χ3v) is 3.47. The van der Waals surface area contributed by atoms with Crippen LogP contribution in [0.4, 0.5) is 0 Å². The zero-order valence-electron chi connectivity index (χ0n) is 4.57. The van der Waals surface area contributed by atoms with Crippen molar-refractivity contribution in [1.29, 1.82) is 0 Å². The van der Waals surface area contributed by atoms with Gasteiger partial charge in [-0.05, 0) is 13.8 Å². The molecule has 0 aromatic heterocycles. The Balaban J connectivity index is 2.30. The number of alkyl halides is 1. The number of hydrogen-bond donors (Lipinski definition) is 0. The van der Waals surface area contributed by atoms with E-state index in [2.05, 4.69) is 13.8 Å². The second-order valence-corrected chi connectivity index (χ2v) is 4.53. The van der Waals surface area contributed by atoms with Crippen LogP contribution >= 0.6 is 23.4 Å². The lowest BCUT2D eigenvalue weighted by molar-refractivity contribution is 0.805. The van der Waals surface area contributed by atoms with Crippen LogP contribution in [0.15, 0.2) is 0 Å². The van der Waals surface area contributed by atoms with Gasteiger partial charge in [-0.1, -0.05) is 0 Å². The van der Waals surface area contributed by atoms with E-state index in [0.717, 1.165) is 11.1 Å². The predicted molar refractivity (Wildman–Crippen MR) is 36.2 cm³/mol. The van der Waals surface area contributed by atoms with Gasteiger partial charge in [0.15, 0.2) is 0 Å². The van der Waals surface area contributed by atoms with Crippen molar-refractivity contribution in [3.63, 3.8) is 0 Å². The molecule has 0 N–H and O–H groups in total. The van der Waals surface area contributed by atoms with Gasteiger partial charge >= 0.3 is 0 Å². The van der Waals surface area contributed by atoms with Gasteiger partial charge in [-0.15, -0.1) is 23.4 Å². The molecule has 1 heterocycles. The van der Waals surface area contributed by atoms with Gasteiger partial charge in [0.05, 0.1) is 0 Å². The molecule has 1 unspecified atom stereocenters. The summed E-state index contributed by atoms with van der Waals surface area (Å²) in [6.07, 6.45) is 0. The van der Waals surface area contributed by atoms with Gasteiger partial charge in [0.2, 0.25) is 0 Å². The molecular formula is C5H9ClS. The zero-order chi connectivity index (χ0) is 5.49.